The Morgan fingerprint density at radius 3 is 1.00 bits per heavy atom. The lowest BCUT2D eigenvalue weighted by Crippen LogP contribution is -2.53. The highest BCUT2D eigenvalue weighted by Gasteiger charge is 2.35. The van der Waals surface area contributed by atoms with Gasteiger partial charge < -0.3 is 19.6 Å². The molecule has 28 heavy (non-hydrogen) atoms. The zero-order valence-corrected chi connectivity index (χ0v) is 17.1. The minimum Gasteiger partial charge on any atom is -0.339 e. The van der Waals surface area contributed by atoms with E-state index in [9.17, 15) is 19.2 Å². The van der Waals surface area contributed by atoms with Crippen LogP contribution in [-0.4, -0.2) is 95.6 Å². The maximum atomic E-state index is 12.8. The van der Waals surface area contributed by atoms with Crippen LogP contribution in [0.2, 0.25) is 0 Å². The van der Waals surface area contributed by atoms with E-state index in [4.69, 9.17) is 0 Å². The average molecular weight is 393 g/mol. The van der Waals surface area contributed by atoms with Gasteiger partial charge in [-0.2, -0.15) is 0 Å². The van der Waals surface area contributed by atoms with Crippen LogP contribution in [0.15, 0.2) is 0 Å². The van der Waals surface area contributed by atoms with E-state index in [2.05, 4.69) is 0 Å². The molecule has 0 aromatic rings. The molecule has 3 aliphatic rings. The topological polar surface area (TPSA) is 81.2 Å². The normalized spacial score (nSPS) is 26.2. The summed E-state index contributed by atoms with van der Waals surface area (Å²) in [6, 6.07) is 0. The quantitative estimate of drug-likeness (QED) is 0.671. The van der Waals surface area contributed by atoms with Gasteiger partial charge in [-0.3, -0.25) is 19.2 Å². The van der Waals surface area contributed by atoms with Gasteiger partial charge in [-0.1, -0.05) is 0 Å². The van der Waals surface area contributed by atoms with E-state index in [-0.39, 0.29) is 35.5 Å². The van der Waals surface area contributed by atoms with Crippen molar-refractivity contribution in [3.63, 3.8) is 0 Å². The first-order valence-corrected chi connectivity index (χ1v) is 10.5. The summed E-state index contributed by atoms with van der Waals surface area (Å²) in [5.74, 6) is 0.504. The second-order valence-corrected chi connectivity index (χ2v) is 8.21. The highest BCUT2D eigenvalue weighted by molar-refractivity contribution is 5.82. The molecule has 0 spiro atoms. The fourth-order valence-electron chi connectivity index (χ4n) is 4.59. The molecule has 8 nitrogen and oxygen atoms in total. The van der Waals surface area contributed by atoms with Crippen molar-refractivity contribution in [2.24, 2.45) is 11.8 Å². The summed E-state index contributed by atoms with van der Waals surface area (Å²) < 4.78 is 0. The Balaban J connectivity index is 1.43. The zero-order chi connectivity index (χ0) is 20.3. The second-order valence-electron chi connectivity index (χ2n) is 8.21. The highest BCUT2D eigenvalue weighted by atomic mass is 16.2. The molecule has 1 aliphatic carbocycles. The maximum absolute atomic E-state index is 12.8. The summed E-state index contributed by atoms with van der Waals surface area (Å²) in [6.07, 6.45) is 3.04. The van der Waals surface area contributed by atoms with Crippen molar-refractivity contribution < 1.29 is 19.2 Å². The zero-order valence-electron chi connectivity index (χ0n) is 17.1. The van der Waals surface area contributed by atoms with Crippen LogP contribution in [0, 0.1) is 11.8 Å². The van der Waals surface area contributed by atoms with E-state index >= 15 is 0 Å². The van der Waals surface area contributed by atoms with Gasteiger partial charge in [0.25, 0.3) is 0 Å². The minimum atomic E-state index is 0.00230. The third-order valence-electron chi connectivity index (χ3n) is 6.50. The first-order chi connectivity index (χ1) is 13.4. The SMILES string of the molecule is CC(=O)N1CCN(C(=O)C2CCC(C(=O)N3CCN(C(C)=O)CC3)CC2)CC1. The fraction of sp³-hybridized carbons (Fsp3) is 0.800. The van der Waals surface area contributed by atoms with Crippen LogP contribution in [0.25, 0.3) is 0 Å². The van der Waals surface area contributed by atoms with Gasteiger partial charge in [0, 0.05) is 78.0 Å². The monoisotopic (exact) mass is 392 g/mol. The molecule has 3 fully saturated rings. The second kappa shape index (κ2) is 8.92. The van der Waals surface area contributed by atoms with E-state index in [1.807, 2.05) is 9.80 Å². The van der Waals surface area contributed by atoms with Crippen LogP contribution in [0.3, 0.4) is 0 Å². The third-order valence-corrected chi connectivity index (χ3v) is 6.50. The van der Waals surface area contributed by atoms with Crippen molar-refractivity contribution >= 4 is 23.6 Å². The fourth-order valence-corrected chi connectivity index (χ4v) is 4.59. The van der Waals surface area contributed by atoms with Gasteiger partial charge in [-0.05, 0) is 25.7 Å². The number of hydrogen-bond acceptors (Lipinski definition) is 4. The Hall–Kier alpha value is -2.12. The van der Waals surface area contributed by atoms with E-state index < -0.39 is 0 Å². The van der Waals surface area contributed by atoms with Crippen LogP contribution in [0.4, 0.5) is 0 Å². The van der Waals surface area contributed by atoms with Crippen molar-refractivity contribution in [3.05, 3.63) is 0 Å². The van der Waals surface area contributed by atoms with Gasteiger partial charge >= 0.3 is 0 Å². The Morgan fingerprint density at radius 1 is 0.500 bits per heavy atom. The average Bonchev–Trinajstić information content (AvgIpc) is 2.73. The molecule has 1 saturated carbocycles. The molecule has 8 heteroatoms. The van der Waals surface area contributed by atoms with Crippen LogP contribution in [0.5, 0.6) is 0 Å². The van der Waals surface area contributed by atoms with Crippen LogP contribution >= 0.6 is 0 Å². The van der Waals surface area contributed by atoms with Crippen molar-refractivity contribution in [1.82, 2.24) is 19.6 Å². The molecule has 0 aromatic carbocycles. The van der Waals surface area contributed by atoms with E-state index in [1.54, 1.807) is 23.6 Å². The van der Waals surface area contributed by atoms with Crippen molar-refractivity contribution in [2.75, 3.05) is 52.4 Å². The van der Waals surface area contributed by atoms with Crippen LogP contribution in [0.1, 0.15) is 39.5 Å². The molecular formula is C20H32N4O4. The molecule has 0 unspecified atom stereocenters. The van der Waals surface area contributed by atoms with Gasteiger partial charge in [0.05, 0.1) is 0 Å². The van der Waals surface area contributed by atoms with E-state index in [0.717, 1.165) is 25.7 Å². The smallest absolute Gasteiger partial charge is 0.225 e. The van der Waals surface area contributed by atoms with Gasteiger partial charge in [0.2, 0.25) is 23.6 Å². The summed E-state index contributed by atoms with van der Waals surface area (Å²) in [7, 11) is 0. The highest BCUT2D eigenvalue weighted by Crippen LogP contribution is 2.31. The molecular weight excluding hydrogens is 360 g/mol. The Labute approximate surface area is 166 Å². The summed E-state index contributed by atoms with van der Waals surface area (Å²) in [5.41, 5.74) is 0. The number of piperazine rings is 2. The van der Waals surface area contributed by atoms with Gasteiger partial charge in [0.15, 0.2) is 0 Å². The van der Waals surface area contributed by atoms with Gasteiger partial charge in [0.1, 0.15) is 0 Å². The molecule has 0 atom stereocenters. The molecule has 0 radical (unpaired) electrons. The largest absolute Gasteiger partial charge is 0.339 e. The maximum Gasteiger partial charge on any atom is 0.225 e. The molecule has 0 bridgehead atoms. The summed E-state index contributed by atoms with van der Waals surface area (Å²) in [5, 5.41) is 0. The van der Waals surface area contributed by atoms with Crippen molar-refractivity contribution in [3.8, 4) is 0 Å². The van der Waals surface area contributed by atoms with E-state index in [1.165, 1.54) is 0 Å². The molecule has 2 heterocycles. The predicted octanol–water partition coefficient (Wildman–Crippen LogP) is 0.174. The van der Waals surface area contributed by atoms with Gasteiger partial charge in [-0.15, -0.1) is 0 Å². The Kier molecular flexibility index (Phi) is 6.57. The molecule has 4 amide bonds. The Bertz CT molecular complexity index is 560. The molecule has 0 aromatic heterocycles. The standard InChI is InChI=1S/C20H32N4O4/c1-15(25)21-7-11-23(12-8-21)19(27)17-3-5-18(6-4-17)20(28)24-13-9-22(10-14-24)16(2)26/h17-18H,3-14H2,1-2H3. The molecule has 0 N–H and O–H groups in total. The third kappa shape index (κ3) is 4.64. The van der Waals surface area contributed by atoms with Crippen LogP contribution in [-0.2, 0) is 19.2 Å². The van der Waals surface area contributed by atoms with Crippen LogP contribution < -0.4 is 0 Å². The number of carbonyl (C=O) groups excluding carboxylic acids is 4. The first kappa shape index (κ1) is 20.6. The molecule has 2 saturated heterocycles. The number of nitrogens with zero attached hydrogens (tertiary/aromatic N) is 4. The lowest BCUT2D eigenvalue weighted by Gasteiger charge is -2.39. The number of hydrogen-bond donors (Lipinski definition) is 0. The minimum absolute atomic E-state index is 0.00230. The Morgan fingerprint density at radius 2 is 0.750 bits per heavy atom. The van der Waals surface area contributed by atoms with Crippen molar-refractivity contribution in [2.45, 2.75) is 39.5 Å². The molecule has 2 aliphatic heterocycles. The van der Waals surface area contributed by atoms with E-state index in [0.29, 0.717) is 52.4 Å². The number of rotatable bonds is 2. The summed E-state index contributed by atoms with van der Waals surface area (Å²) >= 11 is 0. The lowest BCUT2D eigenvalue weighted by atomic mass is 9.80. The lowest BCUT2D eigenvalue weighted by molar-refractivity contribution is -0.145. The van der Waals surface area contributed by atoms with Crippen molar-refractivity contribution in [1.29, 1.82) is 0 Å². The number of carbonyl (C=O) groups is 4. The predicted molar refractivity (Wildman–Crippen MR) is 103 cm³/mol. The number of amides is 4. The first-order valence-electron chi connectivity index (χ1n) is 10.5. The molecule has 3 rings (SSSR count). The summed E-state index contributed by atoms with van der Waals surface area (Å²) in [4.78, 5) is 55.8. The summed E-state index contributed by atoms with van der Waals surface area (Å²) in [6.45, 7) is 8.01. The molecule has 156 valence electrons. The van der Waals surface area contributed by atoms with Gasteiger partial charge in [-0.25, -0.2) is 0 Å².